The highest BCUT2D eigenvalue weighted by Gasteiger charge is 2.46. The lowest BCUT2D eigenvalue weighted by Gasteiger charge is -2.46. The van der Waals surface area contributed by atoms with E-state index < -0.39 is 17.3 Å². The molecule has 5 nitrogen and oxygen atoms in total. The highest BCUT2D eigenvalue weighted by molar-refractivity contribution is 5.70. The molecule has 0 radical (unpaired) electrons. The Morgan fingerprint density at radius 1 is 1.35 bits per heavy atom. The molecule has 0 aliphatic carbocycles. The van der Waals surface area contributed by atoms with E-state index in [4.69, 9.17) is 9.47 Å². The van der Waals surface area contributed by atoms with Crippen molar-refractivity contribution in [1.29, 1.82) is 0 Å². The third kappa shape index (κ3) is 3.04. The fourth-order valence-electron chi connectivity index (χ4n) is 2.14. The number of amides is 1. The molecule has 1 amide bonds. The third-order valence-electron chi connectivity index (χ3n) is 3.16. The average molecular weight is 279 g/mol. The van der Waals surface area contributed by atoms with Crippen molar-refractivity contribution in [3.8, 4) is 5.75 Å². The molecular formula is C15H21NO4. The fourth-order valence-corrected chi connectivity index (χ4v) is 2.14. The molecule has 0 aromatic heterocycles. The molecule has 1 aromatic rings. The molecule has 0 atom stereocenters. The smallest absolute Gasteiger partial charge is 0.410 e. The maximum absolute atomic E-state index is 11.9. The first-order chi connectivity index (χ1) is 9.23. The van der Waals surface area contributed by atoms with E-state index in [1.807, 2.05) is 39.0 Å². The first-order valence-electron chi connectivity index (χ1n) is 6.58. The lowest BCUT2D eigenvalue weighted by atomic mass is 9.86. The van der Waals surface area contributed by atoms with Crippen molar-refractivity contribution in [2.75, 3.05) is 20.2 Å². The summed E-state index contributed by atoms with van der Waals surface area (Å²) in [5.74, 6) is 0.687. The summed E-state index contributed by atoms with van der Waals surface area (Å²) in [6, 6.07) is 7.25. The van der Waals surface area contributed by atoms with Gasteiger partial charge in [0.2, 0.25) is 0 Å². The summed E-state index contributed by atoms with van der Waals surface area (Å²) in [6.45, 7) is 5.92. The molecule has 1 N–H and O–H groups in total. The zero-order chi connectivity index (χ0) is 15.0. The number of β-amino-alcohol motifs (C(OH)–C–C–N with tert-alkyl or cyclic N) is 1. The van der Waals surface area contributed by atoms with Gasteiger partial charge < -0.3 is 19.5 Å². The van der Waals surface area contributed by atoms with Crippen molar-refractivity contribution in [1.82, 2.24) is 4.90 Å². The Hall–Kier alpha value is -1.75. The first-order valence-corrected chi connectivity index (χ1v) is 6.58. The van der Waals surface area contributed by atoms with Gasteiger partial charge >= 0.3 is 6.09 Å². The van der Waals surface area contributed by atoms with Crippen molar-refractivity contribution in [2.45, 2.75) is 32.0 Å². The van der Waals surface area contributed by atoms with Crippen molar-refractivity contribution < 1.29 is 19.4 Å². The van der Waals surface area contributed by atoms with Gasteiger partial charge in [-0.3, -0.25) is 0 Å². The van der Waals surface area contributed by atoms with Gasteiger partial charge in [0.25, 0.3) is 0 Å². The van der Waals surface area contributed by atoms with Crippen LogP contribution in [-0.4, -0.2) is 41.9 Å². The predicted octanol–water partition coefficient (Wildman–Crippen LogP) is 2.13. The lowest BCUT2D eigenvalue weighted by molar-refractivity contribution is -0.103. The van der Waals surface area contributed by atoms with Crippen molar-refractivity contribution in [2.24, 2.45) is 0 Å². The van der Waals surface area contributed by atoms with Crippen LogP contribution in [0.4, 0.5) is 4.79 Å². The van der Waals surface area contributed by atoms with Gasteiger partial charge in [0, 0.05) is 0 Å². The Morgan fingerprint density at radius 3 is 2.55 bits per heavy atom. The van der Waals surface area contributed by atoms with Gasteiger partial charge in [-0.25, -0.2) is 4.79 Å². The van der Waals surface area contributed by atoms with E-state index in [2.05, 4.69) is 0 Å². The number of carbonyl (C=O) groups is 1. The molecule has 1 heterocycles. The first kappa shape index (κ1) is 14.7. The maximum atomic E-state index is 11.9. The minimum absolute atomic E-state index is 0.231. The van der Waals surface area contributed by atoms with Crippen molar-refractivity contribution >= 4 is 6.09 Å². The Labute approximate surface area is 119 Å². The van der Waals surface area contributed by atoms with E-state index in [0.717, 1.165) is 5.56 Å². The minimum atomic E-state index is -1.02. The molecule has 110 valence electrons. The topological polar surface area (TPSA) is 59.0 Å². The summed E-state index contributed by atoms with van der Waals surface area (Å²) in [7, 11) is 1.58. The molecule has 2 rings (SSSR count). The van der Waals surface area contributed by atoms with Crippen LogP contribution >= 0.6 is 0 Å². The normalized spacial score (nSPS) is 17.4. The van der Waals surface area contributed by atoms with Crippen molar-refractivity contribution in [3.05, 3.63) is 29.8 Å². The molecule has 1 aliphatic rings. The van der Waals surface area contributed by atoms with Crippen molar-refractivity contribution in [3.63, 3.8) is 0 Å². The molecule has 1 fully saturated rings. The number of ether oxygens (including phenoxy) is 2. The van der Waals surface area contributed by atoms with Crippen LogP contribution in [0.5, 0.6) is 5.75 Å². The molecule has 5 heteroatoms. The van der Waals surface area contributed by atoms with E-state index in [1.165, 1.54) is 4.90 Å². The third-order valence-corrected chi connectivity index (χ3v) is 3.16. The lowest BCUT2D eigenvalue weighted by Crippen LogP contribution is -2.61. The van der Waals surface area contributed by atoms with Gasteiger partial charge in [0.1, 0.15) is 17.0 Å². The number of benzene rings is 1. The van der Waals surface area contributed by atoms with E-state index in [0.29, 0.717) is 5.75 Å². The SMILES string of the molecule is COc1cccc(C2(O)CN(C(=O)OC(C)(C)C)C2)c1. The zero-order valence-electron chi connectivity index (χ0n) is 12.3. The van der Waals surface area contributed by atoms with Crippen LogP contribution in [0.15, 0.2) is 24.3 Å². The van der Waals surface area contributed by atoms with Gasteiger partial charge in [-0.15, -0.1) is 0 Å². The summed E-state index contributed by atoms with van der Waals surface area (Å²) in [6.07, 6.45) is -0.398. The van der Waals surface area contributed by atoms with E-state index >= 15 is 0 Å². The molecule has 0 bridgehead atoms. The summed E-state index contributed by atoms with van der Waals surface area (Å²) < 4.78 is 10.4. The van der Waals surface area contributed by atoms with Gasteiger partial charge in [-0.05, 0) is 38.5 Å². The average Bonchev–Trinajstić information content (AvgIpc) is 2.33. The number of aliphatic hydroxyl groups is 1. The van der Waals surface area contributed by atoms with Crippen LogP contribution in [0.2, 0.25) is 0 Å². The highest BCUT2D eigenvalue weighted by Crippen LogP contribution is 2.34. The van der Waals surface area contributed by atoms with E-state index in [-0.39, 0.29) is 13.1 Å². The largest absolute Gasteiger partial charge is 0.497 e. The molecule has 0 spiro atoms. The molecule has 0 saturated carbocycles. The predicted molar refractivity (Wildman–Crippen MR) is 74.7 cm³/mol. The van der Waals surface area contributed by atoms with Gasteiger partial charge in [-0.2, -0.15) is 0 Å². The summed E-state index contributed by atoms with van der Waals surface area (Å²) in [5.41, 5.74) is -0.802. The van der Waals surface area contributed by atoms with Crippen LogP contribution in [-0.2, 0) is 10.3 Å². The molecule has 20 heavy (non-hydrogen) atoms. The number of likely N-dealkylation sites (tertiary alicyclic amines) is 1. The van der Waals surface area contributed by atoms with Gasteiger partial charge in [0.05, 0.1) is 20.2 Å². The Kier molecular flexibility index (Phi) is 3.65. The second-order valence-corrected chi connectivity index (χ2v) is 6.10. The summed E-state index contributed by atoms with van der Waals surface area (Å²) in [4.78, 5) is 13.3. The Morgan fingerprint density at radius 2 is 2.00 bits per heavy atom. The summed E-state index contributed by atoms with van der Waals surface area (Å²) in [5, 5.41) is 10.5. The number of hydrogen-bond acceptors (Lipinski definition) is 4. The molecule has 0 unspecified atom stereocenters. The quantitative estimate of drug-likeness (QED) is 0.901. The number of nitrogens with zero attached hydrogens (tertiary/aromatic N) is 1. The molecular weight excluding hydrogens is 258 g/mol. The Bertz CT molecular complexity index is 501. The van der Waals surface area contributed by atoms with Crippen LogP contribution < -0.4 is 4.74 Å². The van der Waals surface area contributed by atoms with Crippen LogP contribution in [0, 0.1) is 0 Å². The minimum Gasteiger partial charge on any atom is -0.497 e. The van der Waals surface area contributed by atoms with Crippen LogP contribution in [0.3, 0.4) is 0 Å². The molecule has 1 aromatic carbocycles. The second-order valence-electron chi connectivity index (χ2n) is 6.10. The van der Waals surface area contributed by atoms with Crippen LogP contribution in [0.25, 0.3) is 0 Å². The fraction of sp³-hybridized carbons (Fsp3) is 0.533. The van der Waals surface area contributed by atoms with E-state index in [9.17, 15) is 9.90 Å². The second kappa shape index (κ2) is 4.98. The molecule has 1 aliphatic heterocycles. The monoisotopic (exact) mass is 279 g/mol. The number of carbonyl (C=O) groups excluding carboxylic acids is 1. The van der Waals surface area contributed by atoms with E-state index in [1.54, 1.807) is 13.2 Å². The maximum Gasteiger partial charge on any atom is 0.410 e. The Balaban J connectivity index is 2.01. The summed E-state index contributed by atoms with van der Waals surface area (Å²) >= 11 is 0. The van der Waals surface area contributed by atoms with Crippen LogP contribution in [0.1, 0.15) is 26.3 Å². The van der Waals surface area contributed by atoms with Gasteiger partial charge in [0.15, 0.2) is 0 Å². The number of methoxy groups -OCH3 is 1. The highest BCUT2D eigenvalue weighted by atomic mass is 16.6. The van der Waals surface area contributed by atoms with Gasteiger partial charge in [-0.1, -0.05) is 12.1 Å². The standard InChI is InChI=1S/C15H21NO4/c1-14(2,3)20-13(17)16-9-15(18,10-16)11-6-5-7-12(8-11)19-4/h5-8,18H,9-10H2,1-4H3. The number of rotatable bonds is 2. The number of hydrogen-bond donors (Lipinski definition) is 1. The zero-order valence-corrected chi connectivity index (χ0v) is 12.3. The molecule has 1 saturated heterocycles.